The van der Waals surface area contributed by atoms with Crippen molar-refractivity contribution in [2.24, 2.45) is 0 Å². The molecule has 1 aliphatic rings. The van der Waals surface area contributed by atoms with Gasteiger partial charge in [0.05, 0.1) is 17.1 Å². The third-order valence-electron chi connectivity index (χ3n) is 2.73. The van der Waals surface area contributed by atoms with E-state index in [-0.39, 0.29) is 18.4 Å². The van der Waals surface area contributed by atoms with E-state index >= 15 is 0 Å². The van der Waals surface area contributed by atoms with Gasteiger partial charge in [-0.1, -0.05) is 11.6 Å². The van der Waals surface area contributed by atoms with Crippen LogP contribution in [-0.2, 0) is 4.79 Å². The summed E-state index contributed by atoms with van der Waals surface area (Å²) in [5, 5.41) is 3.11. The van der Waals surface area contributed by atoms with E-state index < -0.39 is 0 Å². The molecule has 0 unspecified atom stereocenters. The number of nitrogens with zero attached hydrogens (tertiary/aromatic N) is 1. The predicted octanol–water partition coefficient (Wildman–Crippen LogP) is 1.63. The van der Waals surface area contributed by atoms with Gasteiger partial charge in [-0.05, 0) is 24.5 Å². The van der Waals surface area contributed by atoms with Gasteiger partial charge in [-0.25, -0.2) is 0 Å². The molecule has 4 nitrogen and oxygen atoms in total. The van der Waals surface area contributed by atoms with E-state index in [1.165, 1.54) is 4.90 Å². The molecule has 6 heteroatoms. The minimum atomic E-state index is -0.189. The highest BCUT2D eigenvalue weighted by atomic mass is 35.5. The lowest BCUT2D eigenvalue weighted by Gasteiger charge is -2.27. The van der Waals surface area contributed by atoms with Gasteiger partial charge in [-0.2, -0.15) is 0 Å². The lowest BCUT2D eigenvalue weighted by molar-refractivity contribution is -0.123. The predicted molar refractivity (Wildman–Crippen MR) is 72.1 cm³/mol. The van der Waals surface area contributed by atoms with Crippen LogP contribution in [0.3, 0.4) is 0 Å². The molecule has 0 radical (unpaired) electrons. The van der Waals surface area contributed by atoms with Crippen LogP contribution >= 0.6 is 23.4 Å². The Morgan fingerprint density at radius 1 is 1.50 bits per heavy atom. The van der Waals surface area contributed by atoms with Gasteiger partial charge in [0.15, 0.2) is 0 Å². The maximum absolute atomic E-state index is 12.3. The molecule has 0 spiro atoms. The summed E-state index contributed by atoms with van der Waals surface area (Å²) in [5.41, 5.74) is 0.457. The Hall–Kier alpha value is -1.20. The number of rotatable bonds is 2. The highest BCUT2D eigenvalue weighted by Crippen LogP contribution is 2.24. The fourth-order valence-electron chi connectivity index (χ4n) is 1.78. The lowest BCUT2D eigenvalue weighted by Crippen LogP contribution is -2.50. The van der Waals surface area contributed by atoms with Crippen LogP contribution in [-0.4, -0.2) is 42.6 Å². The van der Waals surface area contributed by atoms with Crippen molar-refractivity contribution < 1.29 is 9.59 Å². The first kappa shape index (κ1) is 13.2. The van der Waals surface area contributed by atoms with Crippen molar-refractivity contribution in [3.8, 4) is 0 Å². The van der Waals surface area contributed by atoms with Crippen LogP contribution in [0.2, 0.25) is 5.02 Å². The molecule has 1 aromatic rings. The fraction of sp³-hybridized carbons (Fsp3) is 0.333. The second-order valence-corrected chi connectivity index (χ2v) is 5.21. The number of carbonyl (C=O) groups excluding carboxylic acids is 2. The van der Waals surface area contributed by atoms with Crippen LogP contribution in [0.15, 0.2) is 23.1 Å². The molecule has 18 heavy (non-hydrogen) atoms. The Morgan fingerprint density at radius 3 is 2.94 bits per heavy atom. The van der Waals surface area contributed by atoms with Crippen molar-refractivity contribution in [1.29, 1.82) is 0 Å². The Labute approximate surface area is 115 Å². The Balaban J connectivity index is 2.24. The van der Waals surface area contributed by atoms with Gasteiger partial charge in [0.1, 0.15) is 0 Å². The molecule has 1 heterocycles. The first-order valence-electron chi connectivity index (χ1n) is 5.51. The molecule has 96 valence electrons. The standard InChI is InChI=1S/C12H13ClN2O2S/c1-18-8-2-3-10(13)9(6-8)12(17)15-5-4-14-11(16)7-15/h2-3,6H,4-5,7H2,1H3,(H,14,16). The van der Waals surface area contributed by atoms with Crippen LogP contribution in [0.4, 0.5) is 0 Å². The number of carbonyl (C=O) groups is 2. The summed E-state index contributed by atoms with van der Waals surface area (Å²) in [4.78, 5) is 26.1. The number of thioether (sulfide) groups is 1. The summed E-state index contributed by atoms with van der Waals surface area (Å²) in [6, 6.07) is 5.35. The molecule has 1 fully saturated rings. The third kappa shape index (κ3) is 2.79. The molecule has 0 aromatic heterocycles. The van der Waals surface area contributed by atoms with Gasteiger partial charge < -0.3 is 10.2 Å². The molecule has 0 saturated carbocycles. The van der Waals surface area contributed by atoms with E-state index in [4.69, 9.17) is 11.6 Å². The number of amides is 2. The second-order valence-electron chi connectivity index (χ2n) is 3.92. The monoisotopic (exact) mass is 284 g/mol. The average molecular weight is 285 g/mol. The number of nitrogens with one attached hydrogen (secondary N) is 1. The minimum absolute atomic E-state index is 0.0959. The topological polar surface area (TPSA) is 49.4 Å². The first-order chi connectivity index (χ1) is 8.61. The molecule has 1 aliphatic heterocycles. The van der Waals surface area contributed by atoms with E-state index in [1.807, 2.05) is 12.3 Å². The second kappa shape index (κ2) is 5.63. The van der Waals surface area contributed by atoms with Crippen molar-refractivity contribution in [3.05, 3.63) is 28.8 Å². The fourth-order valence-corrected chi connectivity index (χ4v) is 2.42. The number of hydrogen-bond acceptors (Lipinski definition) is 3. The maximum Gasteiger partial charge on any atom is 0.255 e. The largest absolute Gasteiger partial charge is 0.353 e. The molecule has 0 atom stereocenters. The van der Waals surface area contributed by atoms with Crippen molar-refractivity contribution in [1.82, 2.24) is 10.2 Å². The number of piperazine rings is 1. The molecule has 1 saturated heterocycles. The first-order valence-corrected chi connectivity index (χ1v) is 7.11. The zero-order valence-electron chi connectivity index (χ0n) is 9.90. The van der Waals surface area contributed by atoms with Gasteiger partial charge in [-0.15, -0.1) is 11.8 Å². The molecular weight excluding hydrogens is 272 g/mol. The maximum atomic E-state index is 12.3. The Kier molecular flexibility index (Phi) is 4.14. The molecular formula is C12H13ClN2O2S. The molecule has 1 N–H and O–H groups in total. The van der Waals surface area contributed by atoms with Crippen LogP contribution in [0.1, 0.15) is 10.4 Å². The molecule has 0 aliphatic carbocycles. The van der Waals surface area contributed by atoms with Crippen molar-refractivity contribution in [3.63, 3.8) is 0 Å². The number of benzene rings is 1. The molecule has 2 rings (SSSR count). The Morgan fingerprint density at radius 2 is 2.28 bits per heavy atom. The summed E-state index contributed by atoms with van der Waals surface area (Å²) >= 11 is 7.59. The summed E-state index contributed by atoms with van der Waals surface area (Å²) in [6.45, 7) is 1.10. The zero-order chi connectivity index (χ0) is 13.1. The van der Waals surface area contributed by atoms with E-state index in [2.05, 4.69) is 5.32 Å². The van der Waals surface area contributed by atoms with E-state index in [0.717, 1.165) is 4.90 Å². The molecule has 0 bridgehead atoms. The number of hydrogen-bond donors (Lipinski definition) is 1. The average Bonchev–Trinajstić information content (AvgIpc) is 2.38. The van der Waals surface area contributed by atoms with Crippen LogP contribution in [0.25, 0.3) is 0 Å². The van der Waals surface area contributed by atoms with E-state index in [0.29, 0.717) is 23.7 Å². The van der Waals surface area contributed by atoms with Gasteiger partial charge in [0.25, 0.3) is 5.91 Å². The summed E-state index contributed by atoms with van der Waals surface area (Å²) in [5.74, 6) is -0.322. The Bertz CT molecular complexity index is 493. The zero-order valence-corrected chi connectivity index (χ0v) is 11.5. The summed E-state index contributed by atoms with van der Waals surface area (Å²) < 4.78 is 0. The van der Waals surface area contributed by atoms with Crippen molar-refractivity contribution >= 4 is 35.2 Å². The van der Waals surface area contributed by atoms with Crippen LogP contribution in [0.5, 0.6) is 0 Å². The van der Waals surface area contributed by atoms with Gasteiger partial charge in [0.2, 0.25) is 5.91 Å². The highest BCUT2D eigenvalue weighted by molar-refractivity contribution is 7.98. The SMILES string of the molecule is CSc1ccc(Cl)c(C(=O)N2CCNC(=O)C2)c1. The van der Waals surface area contributed by atoms with Gasteiger partial charge in [-0.3, -0.25) is 9.59 Å². The highest BCUT2D eigenvalue weighted by Gasteiger charge is 2.23. The van der Waals surface area contributed by atoms with Gasteiger partial charge >= 0.3 is 0 Å². The molecule has 1 aromatic carbocycles. The van der Waals surface area contributed by atoms with Crippen LogP contribution < -0.4 is 5.32 Å². The minimum Gasteiger partial charge on any atom is -0.353 e. The lowest BCUT2D eigenvalue weighted by atomic mass is 10.2. The third-order valence-corrected chi connectivity index (χ3v) is 3.78. The van der Waals surface area contributed by atoms with E-state index in [9.17, 15) is 9.59 Å². The number of halogens is 1. The van der Waals surface area contributed by atoms with Crippen LogP contribution in [0, 0.1) is 0 Å². The smallest absolute Gasteiger partial charge is 0.255 e. The molecule has 2 amide bonds. The summed E-state index contributed by atoms with van der Waals surface area (Å²) in [7, 11) is 0. The summed E-state index contributed by atoms with van der Waals surface area (Å²) in [6.07, 6.45) is 1.94. The quantitative estimate of drug-likeness (QED) is 0.840. The normalized spacial score (nSPS) is 15.4. The van der Waals surface area contributed by atoms with Crippen molar-refractivity contribution in [2.75, 3.05) is 25.9 Å². The van der Waals surface area contributed by atoms with Crippen molar-refractivity contribution in [2.45, 2.75) is 4.90 Å². The van der Waals surface area contributed by atoms with Gasteiger partial charge in [0, 0.05) is 18.0 Å². The van der Waals surface area contributed by atoms with E-state index in [1.54, 1.807) is 23.9 Å².